The van der Waals surface area contributed by atoms with E-state index in [0.717, 1.165) is 18.4 Å². The highest BCUT2D eigenvalue weighted by atomic mass is 35.5. The van der Waals surface area contributed by atoms with Crippen LogP contribution in [0.4, 0.5) is 0 Å². The smallest absolute Gasteiger partial charge is 0.338 e. The van der Waals surface area contributed by atoms with Gasteiger partial charge >= 0.3 is 5.97 Å². The fraction of sp³-hybridized carbons (Fsp3) is 0.381. The van der Waals surface area contributed by atoms with Crippen LogP contribution in [0.15, 0.2) is 35.2 Å². The molecule has 0 saturated carbocycles. The molecule has 0 aromatic heterocycles. The van der Waals surface area contributed by atoms with Crippen molar-refractivity contribution in [2.75, 3.05) is 27.0 Å². The highest BCUT2D eigenvalue weighted by molar-refractivity contribution is 7.89. The molecule has 0 N–H and O–H groups in total. The molecule has 2 aromatic rings. The molecule has 2 aliphatic heterocycles. The molecule has 0 bridgehead atoms. The summed E-state index contributed by atoms with van der Waals surface area (Å²) in [6.07, 6.45) is 1.61. The zero-order valence-corrected chi connectivity index (χ0v) is 18.5. The van der Waals surface area contributed by atoms with E-state index in [9.17, 15) is 13.2 Å². The van der Waals surface area contributed by atoms with Crippen molar-refractivity contribution in [1.29, 1.82) is 0 Å². The maximum Gasteiger partial charge on any atom is 0.338 e. The SMILES string of the molecule is COc1ccc(C(=O)OCc2cc(Cl)cc3c2OCOC3)cc1S(=O)(=O)N1CCCC1. The molecule has 1 fully saturated rings. The number of carbonyl (C=O) groups is 1. The van der Waals surface area contributed by atoms with Crippen LogP contribution in [0.3, 0.4) is 0 Å². The maximum atomic E-state index is 13.0. The van der Waals surface area contributed by atoms with E-state index in [-0.39, 0.29) is 29.6 Å². The molecule has 10 heteroatoms. The van der Waals surface area contributed by atoms with Gasteiger partial charge in [-0.25, -0.2) is 13.2 Å². The van der Waals surface area contributed by atoms with Crippen LogP contribution in [0.1, 0.15) is 34.3 Å². The molecule has 0 unspecified atom stereocenters. The maximum absolute atomic E-state index is 13.0. The normalized spacial score (nSPS) is 16.5. The van der Waals surface area contributed by atoms with Crippen molar-refractivity contribution in [3.63, 3.8) is 0 Å². The van der Waals surface area contributed by atoms with Gasteiger partial charge in [0.05, 0.1) is 19.3 Å². The zero-order valence-electron chi connectivity index (χ0n) is 16.9. The zero-order chi connectivity index (χ0) is 22.0. The Labute approximate surface area is 185 Å². The Bertz CT molecular complexity index is 1100. The lowest BCUT2D eigenvalue weighted by molar-refractivity contribution is -0.0180. The van der Waals surface area contributed by atoms with Gasteiger partial charge in [0.25, 0.3) is 0 Å². The third kappa shape index (κ3) is 4.50. The predicted octanol–water partition coefficient (Wildman–Crippen LogP) is 3.36. The molecule has 8 nitrogen and oxygen atoms in total. The van der Waals surface area contributed by atoms with Gasteiger partial charge in [0.2, 0.25) is 10.0 Å². The topological polar surface area (TPSA) is 91.4 Å². The number of esters is 1. The highest BCUT2D eigenvalue weighted by Gasteiger charge is 2.31. The first kappa shape index (κ1) is 21.9. The van der Waals surface area contributed by atoms with Crippen molar-refractivity contribution >= 4 is 27.6 Å². The molecule has 2 aromatic carbocycles. The summed E-state index contributed by atoms with van der Waals surface area (Å²) in [6, 6.07) is 7.63. The van der Waals surface area contributed by atoms with Crippen molar-refractivity contribution < 1.29 is 32.2 Å². The first-order valence-corrected chi connectivity index (χ1v) is 11.6. The Kier molecular flexibility index (Phi) is 6.38. The van der Waals surface area contributed by atoms with Crippen LogP contribution in [0.25, 0.3) is 0 Å². The third-order valence-electron chi connectivity index (χ3n) is 5.19. The van der Waals surface area contributed by atoms with Crippen LogP contribution in [0.2, 0.25) is 5.02 Å². The number of hydrogen-bond donors (Lipinski definition) is 0. The number of halogens is 1. The number of nitrogens with zero attached hydrogens (tertiary/aromatic N) is 1. The Balaban J connectivity index is 1.57. The molecule has 0 amide bonds. The molecule has 166 valence electrons. The number of rotatable bonds is 6. The van der Waals surface area contributed by atoms with Gasteiger partial charge in [0.1, 0.15) is 23.0 Å². The van der Waals surface area contributed by atoms with Crippen molar-refractivity contribution in [3.05, 3.63) is 52.0 Å². The molecule has 2 aliphatic rings. The van der Waals surface area contributed by atoms with Crippen LogP contribution in [-0.2, 0) is 32.7 Å². The summed E-state index contributed by atoms with van der Waals surface area (Å²) in [7, 11) is -2.38. The van der Waals surface area contributed by atoms with Gasteiger partial charge in [0, 0.05) is 29.2 Å². The molecule has 0 atom stereocenters. The minimum absolute atomic E-state index is 0.0491. The van der Waals surface area contributed by atoms with Crippen molar-refractivity contribution in [2.45, 2.75) is 31.0 Å². The largest absolute Gasteiger partial charge is 0.495 e. The summed E-state index contributed by atoms with van der Waals surface area (Å²) >= 11 is 6.14. The van der Waals surface area contributed by atoms with E-state index >= 15 is 0 Å². The van der Waals surface area contributed by atoms with Crippen LogP contribution < -0.4 is 9.47 Å². The molecule has 0 aliphatic carbocycles. The molecule has 2 heterocycles. The van der Waals surface area contributed by atoms with Gasteiger partial charge in [-0.2, -0.15) is 4.31 Å². The minimum atomic E-state index is -3.77. The van der Waals surface area contributed by atoms with E-state index in [2.05, 4.69) is 0 Å². The fourth-order valence-electron chi connectivity index (χ4n) is 3.66. The van der Waals surface area contributed by atoms with Gasteiger partial charge in [-0.3, -0.25) is 0 Å². The Morgan fingerprint density at radius 3 is 2.71 bits per heavy atom. The van der Waals surface area contributed by atoms with Crippen LogP contribution in [0.5, 0.6) is 11.5 Å². The van der Waals surface area contributed by atoms with Crippen molar-refractivity contribution in [3.8, 4) is 11.5 Å². The molecule has 0 radical (unpaired) electrons. The minimum Gasteiger partial charge on any atom is -0.495 e. The first-order valence-electron chi connectivity index (χ1n) is 9.77. The molecule has 4 rings (SSSR count). The Morgan fingerprint density at radius 1 is 1.19 bits per heavy atom. The summed E-state index contributed by atoms with van der Waals surface area (Å²) in [5.74, 6) is 0.0950. The van der Waals surface area contributed by atoms with Gasteiger partial charge < -0.3 is 18.9 Å². The lowest BCUT2D eigenvalue weighted by Gasteiger charge is -2.21. The number of fused-ring (bicyclic) bond motifs is 1. The molecule has 1 saturated heterocycles. The number of hydrogen-bond acceptors (Lipinski definition) is 7. The monoisotopic (exact) mass is 467 g/mol. The summed E-state index contributed by atoms with van der Waals surface area (Å²) in [5, 5.41) is 0.474. The van der Waals surface area contributed by atoms with Gasteiger partial charge in [-0.05, 0) is 43.2 Å². The average molecular weight is 468 g/mol. The first-order chi connectivity index (χ1) is 14.9. The second-order valence-electron chi connectivity index (χ2n) is 7.22. The number of methoxy groups -OCH3 is 1. The van der Waals surface area contributed by atoms with Crippen LogP contribution in [0, 0.1) is 0 Å². The molecular formula is C21H22ClNO7S. The van der Waals surface area contributed by atoms with E-state index in [1.165, 1.54) is 29.6 Å². The lowest BCUT2D eigenvalue weighted by atomic mass is 10.1. The number of ether oxygens (including phenoxy) is 4. The number of carbonyl (C=O) groups excluding carboxylic acids is 1. The van der Waals surface area contributed by atoms with Gasteiger partial charge in [0.15, 0.2) is 6.79 Å². The molecule has 31 heavy (non-hydrogen) atoms. The van der Waals surface area contributed by atoms with E-state index < -0.39 is 16.0 Å². The van der Waals surface area contributed by atoms with Crippen molar-refractivity contribution in [2.24, 2.45) is 0 Å². The van der Waals surface area contributed by atoms with E-state index in [1.807, 2.05) is 0 Å². The predicted molar refractivity (Wildman–Crippen MR) is 112 cm³/mol. The highest BCUT2D eigenvalue weighted by Crippen LogP contribution is 2.33. The van der Waals surface area contributed by atoms with Crippen LogP contribution >= 0.6 is 11.6 Å². The third-order valence-corrected chi connectivity index (χ3v) is 7.33. The molecule has 0 spiro atoms. The summed E-state index contributed by atoms with van der Waals surface area (Å²) in [4.78, 5) is 12.7. The van der Waals surface area contributed by atoms with Gasteiger partial charge in [-0.1, -0.05) is 11.6 Å². The number of benzene rings is 2. The Hall–Kier alpha value is -2.33. The fourth-order valence-corrected chi connectivity index (χ4v) is 5.63. The summed E-state index contributed by atoms with van der Waals surface area (Å²) < 4.78 is 48.9. The van der Waals surface area contributed by atoms with E-state index in [1.54, 1.807) is 12.1 Å². The van der Waals surface area contributed by atoms with E-state index in [4.69, 9.17) is 30.5 Å². The Morgan fingerprint density at radius 2 is 1.97 bits per heavy atom. The second kappa shape index (κ2) is 9.04. The lowest BCUT2D eigenvalue weighted by Crippen LogP contribution is -2.28. The molecular weight excluding hydrogens is 446 g/mol. The van der Waals surface area contributed by atoms with Crippen molar-refractivity contribution in [1.82, 2.24) is 4.31 Å². The quantitative estimate of drug-likeness (QED) is 0.601. The average Bonchev–Trinajstić information content (AvgIpc) is 3.32. The number of sulfonamides is 1. The van der Waals surface area contributed by atoms with E-state index in [0.29, 0.717) is 36.0 Å². The second-order valence-corrected chi connectivity index (χ2v) is 9.56. The standard InChI is InChI=1S/C21H22ClNO7S/c1-27-18-5-4-14(10-19(18)31(25,26)23-6-2-3-7-23)21(24)29-12-16-9-17(22)8-15-11-28-13-30-20(15)16/h4-5,8-10H,2-3,6-7,11-13H2,1H3. The summed E-state index contributed by atoms with van der Waals surface area (Å²) in [5.41, 5.74) is 1.49. The van der Waals surface area contributed by atoms with Crippen LogP contribution in [-0.4, -0.2) is 45.7 Å². The summed E-state index contributed by atoms with van der Waals surface area (Å²) in [6.45, 7) is 1.27. The van der Waals surface area contributed by atoms with Gasteiger partial charge in [-0.15, -0.1) is 0 Å².